The molecule has 0 spiro atoms. The van der Waals surface area contributed by atoms with E-state index in [1.54, 1.807) is 12.1 Å². The minimum atomic E-state index is -4.57. The lowest BCUT2D eigenvalue weighted by Crippen LogP contribution is -2.60. The fourth-order valence-electron chi connectivity index (χ4n) is 2.65. The van der Waals surface area contributed by atoms with Gasteiger partial charge in [0.1, 0.15) is 0 Å². The van der Waals surface area contributed by atoms with Gasteiger partial charge in [-0.2, -0.15) is 13.2 Å². The molecule has 1 aromatic carbocycles. The lowest BCUT2D eigenvalue weighted by atomic mass is 9.96. The van der Waals surface area contributed by atoms with Crippen LogP contribution in [0.3, 0.4) is 0 Å². The van der Waals surface area contributed by atoms with Crippen LogP contribution in [-0.2, 0) is 9.53 Å². The molecule has 0 saturated carbocycles. The van der Waals surface area contributed by atoms with Gasteiger partial charge in [0, 0.05) is 17.8 Å². The predicted octanol–water partition coefficient (Wildman–Crippen LogP) is 2.99. The van der Waals surface area contributed by atoms with Gasteiger partial charge < -0.3 is 15.0 Å². The van der Waals surface area contributed by atoms with Gasteiger partial charge in [-0.1, -0.05) is 19.6 Å². The quantitative estimate of drug-likeness (QED) is 0.844. The van der Waals surface area contributed by atoms with E-state index < -0.39 is 30.1 Å². The van der Waals surface area contributed by atoms with Crippen LogP contribution in [0.1, 0.15) is 23.7 Å². The third-order valence-corrected chi connectivity index (χ3v) is 4.12. The van der Waals surface area contributed by atoms with Gasteiger partial charge in [-0.15, -0.1) is 0 Å². The molecular weight excluding hydrogens is 337 g/mol. The topological polar surface area (TPSA) is 58.6 Å². The van der Waals surface area contributed by atoms with Crippen LogP contribution in [0.2, 0.25) is 0 Å². The number of morpholine rings is 1. The summed E-state index contributed by atoms with van der Waals surface area (Å²) >= 11 is 0. The highest BCUT2D eigenvalue weighted by atomic mass is 19.4. The molecule has 2 amide bonds. The van der Waals surface area contributed by atoms with Gasteiger partial charge in [0.05, 0.1) is 13.2 Å². The molecule has 136 valence electrons. The van der Waals surface area contributed by atoms with Crippen LogP contribution in [0, 0.1) is 0 Å². The summed E-state index contributed by atoms with van der Waals surface area (Å²) in [6.45, 7) is 4.03. The van der Waals surface area contributed by atoms with Crippen LogP contribution in [0.15, 0.2) is 36.9 Å². The van der Waals surface area contributed by atoms with E-state index in [2.05, 4.69) is 11.9 Å². The standard InChI is InChI=1S/C17H19F3N2O3/c1-3-14(23)21-13-7-5-6-12(10-13)15(24)22-8-9-25-16(4-2,11-22)17(18,19)20/h3,5-7,10H,1,4,8-9,11H2,2H3,(H,21,23). The number of carbonyl (C=O) groups is 2. The van der Waals surface area contributed by atoms with Gasteiger partial charge in [0.25, 0.3) is 5.91 Å². The zero-order valence-electron chi connectivity index (χ0n) is 13.7. The van der Waals surface area contributed by atoms with E-state index >= 15 is 0 Å². The molecular formula is C17H19F3N2O3. The number of carbonyl (C=O) groups excluding carboxylic acids is 2. The van der Waals surface area contributed by atoms with Crippen LogP contribution in [0.25, 0.3) is 0 Å². The van der Waals surface area contributed by atoms with E-state index in [0.717, 1.165) is 11.0 Å². The fourth-order valence-corrected chi connectivity index (χ4v) is 2.65. The maximum absolute atomic E-state index is 13.4. The SMILES string of the molecule is C=CC(=O)Nc1cccc(C(=O)N2CCOC(CC)(C(F)(F)F)C2)c1. The number of anilines is 1. The van der Waals surface area contributed by atoms with Crippen molar-refractivity contribution in [3.8, 4) is 0 Å². The average molecular weight is 356 g/mol. The summed E-state index contributed by atoms with van der Waals surface area (Å²) in [5, 5.41) is 2.51. The number of amides is 2. The Kier molecular flexibility index (Phi) is 5.52. The average Bonchev–Trinajstić information content (AvgIpc) is 2.60. The molecule has 1 aliphatic heterocycles. The van der Waals surface area contributed by atoms with Crippen LogP contribution < -0.4 is 5.32 Å². The summed E-state index contributed by atoms with van der Waals surface area (Å²) in [4.78, 5) is 25.1. The Balaban J connectivity index is 2.21. The molecule has 1 unspecified atom stereocenters. The molecule has 0 aliphatic carbocycles. The van der Waals surface area contributed by atoms with E-state index in [1.165, 1.54) is 19.1 Å². The smallest absolute Gasteiger partial charge is 0.362 e. The Morgan fingerprint density at radius 1 is 1.44 bits per heavy atom. The van der Waals surface area contributed by atoms with Gasteiger partial charge in [-0.25, -0.2) is 0 Å². The second-order valence-electron chi connectivity index (χ2n) is 5.69. The summed E-state index contributed by atoms with van der Waals surface area (Å²) in [6.07, 6.45) is -3.77. The first-order valence-corrected chi connectivity index (χ1v) is 7.76. The molecule has 1 fully saturated rings. The van der Waals surface area contributed by atoms with E-state index in [-0.39, 0.29) is 25.1 Å². The Bertz CT molecular complexity index is 675. The van der Waals surface area contributed by atoms with Gasteiger partial charge in [-0.3, -0.25) is 9.59 Å². The first-order chi connectivity index (χ1) is 11.7. The second-order valence-corrected chi connectivity index (χ2v) is 5.69. The van der Waals surface area contributed by atoms with Gasteiger partial charge in [-0.05, 0) is 30.7 Å². The summed E-state index contributed by atoms with van der Waals surface area (Å²) in [7, 11) is 0. The van der Waals surface area contributed by atoms with Crippen molar-refractivity contribution in [3.05, 3.63) is 42.5 Å². The number of halogens is 3. The van der Waals surface area contributed by atoms with Gasteiger partial charge in [0.2, 0.25) is 5.91 Å². The van der Waals surface area contributed by atoms with Crippen molar-refractivity contribution in [2.75, 3.05) is 25.0 Å². The molecule has 0 bridgehead atoms. The summed E-state index contributed by atoms with van der Waals surface area (Å²) in [5.41, 5.74) is -1.80. The maximum atomic E-state index is 13.4. The van der Waals surface area contributed by atoms with Crippen LogP contribution in [-0.4, -0.2) is 48.2 Å². The minimum absolute atomic E-state index is 0.0694. The highest BCUT2D eigenvalue weighted by Crippen LogP contribution is 2.39. The van der Waals surface area contributed by atoms with Crippen molar-refractivity contribution < 1.29 is 27.5 Å². The molecule has 1 saturated heterocycles. The fraction of sp³-hybridized carbons (Fsp3) is 0.412. The first-order valence-electron chi connectivity index (χ1n) is 7.76. The molecule has 1 N–H and O–H groups in total. The summed E-state index contributed by atoms with van der Waals surface area (Å²) in [5.74, 6) is -0.988. The van der Waals surface area contributed by atoms with Crippen molar-refractivity contribution in [2.24, 2.45) is 0 Å². The Labute approximate surface area is 143 Å². The number of nitrogens with one attached hydrogen (secondary N) is 1. The maximum Gasteiger partial charge on any atom is 0.419 e. The number of hydrogen-bond acceptors (Lipinski definition) is 3. The number of ether oxygens (including phenoxy) is 1. The monoisotopic (exact) mass is 356 g/mol. The molecule has 1 aromatic rings. The van der Waals surface area contributed by atoms with Gasteiger partial charge >= 0.3 is 6.18 Å². The molecule has 0 radical (unpaired) electrons. The lowest BCUT2D eigenvalue weighted by molar-refractivity contribution is -0.293. The Morgan fingerprint density at radius 3 is 2.76 bits per heavy atom. The van der Waals surface area contributed by atoms with E-state index in [9.17, 15) is 22.8 Å². The largest absolute Gasteiger partial charge is 0.419 e. The van der Waals surface area contributed by atoms with Crippen molar-refractivity contribution in [1.29, 1.82) is 0 Å². The minimum Gasteiger partial charge on any atom is -0.362 e. The number of benzene rings is 1. The number of alkyl halides is 3. The van der Waals surface area contributed by atoms with E-state index in [0.29, 0.717) is 5.69 Å². The number of rotatable bonds is 4. The third-order valence-electron chi connectivity index (χ3n) is 4.12. The summed E-state index contributed by atoms with van der Waals surface area (Å²) in [6, 6.07) is 6.02. The van der Waals surface area contributed by atoms with Crippen LogP contribution in [0.5, 0.6) is 0 Å². The van der Waals surface area contributed by atoms with Crippen LogP contribution >= 0.6 is 0 Å². The summed E-state index contributed by atoms with van der Waals surface area (Å²) < 4.78 is 45.1. The Hall–Kier alpha value is -2.35. The van der Waals surface area contributed by atoms with Gasteiger partial charge in [0.15, 0.2) is 5.60 Å². The predicted molar refractivity (Wildman–Crippen MR) is 86.2 cm³/mol. The first kappa shape index (κ1) is 19.0. The normalized spacial score (nSPS) is 20.9. The molecule has 2 rings (SSSR count). The molecule has 1 atom stereocenters. The van der Waals surface area contributed by atoms with Crippen molar-refractivity contribution >= 4 is 17.5 Å². The molecule has 1 heterocycles. The third kappa shape index (κ3) is 4.01. The van der Waals surface area contributed by atoms with E-state index in [4.69, 9.17) is 4.74 Å². The zero-order chi connectivity index (χ0) is 18.7. The highest BCUT2D eigenvalue weighted by Gasteiger charge is 2.57. The molecule has 1 aliphatic rings. The van der Waals surface area contributed by atoms with Crippen molar-refractivity contribution in [3.63, 3.8) is 0 Å². The lowest BCUT2D eigenvalue weighted by Gasteiger charge is -2.43. The Morgan fingerprint density at radius 2 is 2.16 bits per heavy atom. The zero-order valence-corrected chi connectivity index (χ0v) is 13.7. The molecule has 8 heteroatoms. The van der Waals surface area contributed by atoms with Crippen LogP contribution in [0.4, 0.5) is 18.9 Å². The molecule has 0 aromatic heterocycles. The molecule has 25 heavy (non-hydrogen) atoms. The van der Waals surface area contributed by atoms with Crippen molar-refractivity contribution in [1.82, 2.24) is 4.90 Å². The molecule has 5 nitrogen and oxygen atoms in total. The van der Waals surface area contributed by atoms with Crippen molar-refractivity contribution in [2.45, 2.75) is 25.1 Å². The highest BCUT2D eigenvalue weighted by molar-refractivity contribution is 6.00. The number of hydrogen-bond donors (Lipinski definition) is 1. The van der Waals surface area contributed by atoms with E-state index in [1.807, 2.05) is 0 Å². The number of nitrogens with zero attached hydrogens (tertiary/aromatic N) is 1. The second kappa shape index (κ2) is 7.26.